The Morgan fingerprint density at radius 2 is 1.92 bits per heavy atom. The van der Waals surface area contributed by atoms with E-state index in [4.69, 9.17) is 5.73 Å². The summed E-state index contributed by atoms with van der Waals surface area (Å²) in [5.74, 6) is -1.99. The van der Waals surface area contributed by atoms with E-state index in [1.165, 1.54) is 4.90 Å². The van der Waals surface area contributed by atoms with Crippen LogP contribution >= 0.6 is 11.8 Å². The maximum atomic E-state index is 13.6. The third-order valence-corrected chi connectivity index (χ3v) is 7.40. The van der Waals surface area contributed by atoms with Gasteiger partial charge in [0.05, 0.1) is 6.04 Å². The molecule has 2 aromatic rings. The largest absolute Gasteiger partial charge is 0.480 e. The number of hydrogen-bond acceptors (Lipinski definition) is 6. The molecular formula is C26H37N5O5S. The molecule has 4 unspecified atom stereocenters. The van der Waals surface area contributed by atoms with Gasteiger partial charge in [0.15, 0.2) is 0 Å². The van der Waals surface area contributed by atoms with Crippen LogP contribution in [0.25, 0.3) is 10.9 Å². The van der Waals surface area contributed by atoms with Gasteiger partial charge in [0, 0.05) is 30.1 Å². The molecule has 0 bridgehead atoms. The quantitative estimate of drug-likeness (QED) is 0.278. The Balaban J connectivity index is 1.84. The topological polar surface area (TPSA) is 158 Å². The van der Waals surface area contributed by atoms with E-state index in [0.717, 1.165) is 22.2 Å². The molecule has 202 valence electrons. The van der Waals surface area contributed by atoms with Gasteiger partial charge in [-0.1, -0.05) is 32.0 Å². The van der Waals surface area contributed by atoms with Crippen LogP contribution < -0.4 is 16.4 Å². The van der Waals surface area contributed by atoms with Gasteiger partial charge in [0.1, 0.15) is 18.1 Å². The van der Waals surface area contributed by atoms with Gasteiger partial charge in [0.2, 0.25) is 17.7 Å². The van der Waals surface area contributed by atoms with Gasteiger partial charge < -0.3 is 31.4 Å². The molecular weight excluding hydrogens is 494 g/mol. The Labute approximate surface area is 221 Å². The van der Waals surface area contributed by atoms with Gasteiger partial charge in [-0.2, -0.15) is 11.8 Å². The summed E-state index contributed by atoms with van der Waals surface area (Å²) in [4.78, 5) is 56.0. The Morgan fingerprint density at radius 3 is 2.59 bits per heavy atom. The van der Waals surface area contributed by atoms with Crippen LogP contribution in [0.2, 0.25) is 0 Å². The summed E-state index contributed by atoms with van der Waals surface area (Å²) in [6.45, 7) is 3.91. The molecule has 1 fully saturated rings. The fourth-order valence-electron chi connectivity index (χ4n) is 4.64. The summed E-state index contributed by atoms with van der Waals surface area (Å²) in [5, 5.41) is 16.1. The number of rotatable bonds is 12. The second-order valence-corrected chi connectivity index (χ2v) is 10.8. The van der Waals surface area contributed by atoms with Crippen molar-refractivity contribution in [3.8, 4) is 0 Å². The minimum Gasteiger partial charge on any atom is -0.480 e. The zero-order valence-corrected chi connectivity index (χ0v) is 22.3. The maximum absolute atomic E-state index is 13.6. The van der Waals surface area contributed by atoms with Crippen molar-refractivity contribution in [2.24, 2.45) is 11.7 Å². The van der Waals surface area contributed by atoms with E-state index in [-0.39, 0.29) is 12.3 Å². The van der Waals surface area contributed by atoms with Crippen LogP contribution in [-0.2, 0) is 25.6 Å². The second-order valence-electron chi connectivity index (χ2n) is 9.77. The predicted octanol–water partition coefficient (Wildman–Crippen LogP) is 1.49. The van der Waals surface area contributed by atoms with E-state index in [2.05, 4.69) is 15.6 Å². The van der Waals surface area contributed by atoms with Crippen molar-refractivity contribution in [3.63, 3.8) is 0 Å². The van der Waals surface area contributed by atoms with Gasteiger partial charge in [-0.25, -0.2) is 4.79 Å². The number of carboxylic acids is 1. The molecule has 0 aliphatic carbocycles. The SMILES string of the molecule is CSCCC(N)C(=O)NC(C(=O)NC(Cc1c[nH]c2ccccc12)C(=O)N1CCCC1C(=O)O)C(C)C. The summed E-state index contributed by atoms with van der Waals surface area (Å²) < 4.78 is 0. The number of aromatic amines is 1. The minimum atomic E-state index is -1.06. The van der Waals surface area contributed by atoms with E-state index >= 15 is 0 Å². The number of hydrogen-bond donors (Lipinski definition) is 5. The van der Waals surface area contributed by atoms with Crippen molar-refractivity contribution in [1.29, 1.82) is 0 Å². The lowest BCUT2D eigenvalue weighted by Crippen LogP contribution is -2.59. The van der Waals surface area contributed by atoms with Crippen LogP contribution in [0.15, 0.2) is 30.5 Å². The highest BCUT2D eigenvalue weighted by Gasteiger charge is 2.39. The number of aromatic nitrogens is 1. The lowest BCUT2D eigenvalue weighted by Gasteiger charge is -2.30. The smallest absolute Gasteiger partial charge is 0.326 e. The van der Waals surface area contributed by atoms with Crippen LogP contribution in [0.3, 0.4) is 0 Å². The van der Waals surface area contributed by atoms with Gasteiger partial charge in [-0.3, -0.25) is 14.4 Å². The molecule has 3 amide bonds. The molecule has 0 spiro atoms. The normalized spacial score (nSPS) is 18.0. The number of aliphatic carboxylic acids is 1. The summed E-state index contributed by atoms with van der Waals surface area (Å²) in [5.41, 5.74) is 7.71. The van der Waals surface area contributed by atoms with Crippen LogP contribution in [-0.4, -0.2) is 81.4 Å². The number of carbonyl (C=O) groups excluding carboxylic acids is 3. The van der Waals surface area contributed by atoms with Crippen LogP contribution in [0, 0.1) is 5.92 Å². The number of amides is 3. The van der Waals surface area contributed by atoms with Crippen molar-refractivity contribution in [1.82, 2.24) is 20.5 Å². The number of nitrogens with two attached hydrogens (primary N) is 1. The van der Waals surface area contributed by atoms with Gasteiger partial charge in [-0.15, -0.1) is 0 Å². The first kappa shape index (κ1) is 28.5. The van der Waals surface area contributed by atoms with Crippen LogP contribution in [0.1, 0.15) is 38.7 Å². The van der Waals surface area contributed by atoms with Crippen molar-refractivity contribution in [2.45, 2.75) is 63.7 Å². The second kappa shape index (κ2) is 13.0. The molecule has 6 N–H and O–H groups in total. The van der Waals surface area contributed by atoms with Gasteiger partial charge in [0.25, 0.3) is 0 Å². The number of fused-ring (bicyclic) bond motifs is 1. The summed E-state index contributed by atoms with van der Waals surface area (Å²) in [7, 11) is 0. The fourth-order valence-corrected chi connectivity index (χ4v) is 5.13. The lowest BCUT2D eigenvalue weighted by molar-refractivity contribution is -0.149. The van der Waals surface area contributed by atoms with Crippen LogP contribution in [0.4, 0.5) is 0 Å². The highest BCUT2D eigenvalue weighted by atomic mass is 32.2. The highest BCUT2D eigenvalue weighted by Crippen LogP contribution is 2.23. The molecule has 4 atom stereocenters. The number of likely N-dealkylation sites (tertiary alicyclic amines) is 1. The molecule has 1 aliphatic rings. The average Bonchev–Trinajstić information content (AvgIpc) is 3.52. The molecule has 0 radical (unpaired) electrons. The molecule has 1 aromatic carbocycles. The fraction of sp³-hybridized carbons (Fsp3) is 0.538. The summed E-state index contributed by atoms with van der Waals surface area (Å²) in [6, 6.07) is 4.05. The molecule has 1 saturated heterocycles. The van der Waals surface area contributed by atoms with Gasteiger partial charge in [-0.05, 0) is 48.8 Å². The Kier molecular flexibility index (Phi) is 9.99. The summed E-state index contributed by atoms with van der Waals surface area (Å²) >= 11 is 1.58. The molecule has 3 rings (SSSR count). The number of nitrogens with one attached hydrogen (secondary N) is 3. The van der Waals surface area contributed by atoms with Crippen LogP contribution in [0.5, 0.6) is 0 Å². The zero-order chi connectivity index (χ0) is 27.1. The lowest BCUT2D eigenvalue weighted by atomic mass is 9.99. The van der Waals surface area contributed by atoms with E-state index in [1.807, 2.05) is 30.5 Å². The molecule has 2 heterocycles. The monoisotopic (exact) mass is 531 g/mol. The molecule has 1 aromatic heterocycles. The maximum Gasteiger partial charge on any atom is 0.326 e. The van der Waals surface area contributed by atoms with Crippen molar-refractivity contribution < 1.29 is 24.3 Å². The average molecular weight is 532 g/mol. The van der Waals surface area contributed by atoms with E-state index in [9.17, 15) is 24.3 Å². The number of carbonyl (C=O) groups is 4. The van der Waals surface area contributed by atoms with Gasteiger partial charge >= 0.3 is 5.97 Å². The number of benzene rings is 1. The predicted molar refractivity (Wildman–Crippen MR) is 144 cm³/mol. The first-order valence-electron chi connectivity index (χ1n) is 12.6. The van der Waals surface area contributed by atoms with Crippen molar-refractivity contribution >= 4 is 46.4 Å². The zero-order valence-electron chi connectivity index (χ0n) is 21.5. The van der Waals surface area contributed by atoms with Crippen molar-refractivity contribution in [3.05, 3.63) is 36.0 Å². The number of H-pyrrole nitrogens is 1. The third kappa shape index (κ3) is 7.04. The number of para-hydroxylation sites is 1. The molecule has 1 aliphatic heterocycles. The Hall–Kier alpha value is -3.05. The number of thioether (sulfide) groups is 1. The Bertz CT molecular complexity index is 1120. The first-order valence-corrected chi connectivity index (χ1v) is 14.0. The highest BCUT2D eigenvalue weighted by molar-refractivity contribution is 7.98. The van der Waals surface area contributed by atoms with E-state index in [0.29, 0.717) is 25.8 Å². The Morgan fingerprint density at radius 1 is 1.19 bits per heavy atom. The minimum absolute atomic E-state index is 0.170. The van der Waals surface area contributed by atoms with E-state index < -0.39 is 47.9 Å². The first-order chi connectivity index (χ1) is 17.6. The number of carboxylic acid groups (broad SMARTS) is 1. The number of nitrogens with zero attached hydrogens (tertiary/aromatic N) is 1. The standard InChI is InChI=1S/C26H37N5O5S/c1-15(2)22(30-23(32)18(27)10-12-37-3)24(33)29-20(25(34)31-11-6-9-21(31)26(35)36)13-16-14-28-19-8-5-4-7-17(16)19/h4-5,7-8,14-15,18,20-22,28H,6,9-13,27H2,1-3H3,(H,29,33)(H,30,32)(H,35,36). The third-order valence-electron chi connectivity index (χ3n) is 6.75. The molecule has 0 saturated carbocycles. The van der Waals surface area contributed by atoms with E-state index in [1.54, 1.807) is 31.8 Å². The molecule has 10 nitrogen and oxygen atoms in total. The summed E-state index contributed by atoms with van der Waals surface area (Å²) in [6.07, 6.45) is 5.32. The van der Waals surface area contributed by atoms with Crippen molar-refractivity contribution in [2.75, 3.05) is 18.6 Å². The molecule has 11 heteroatoms. The molecule has 37 heavy (non-hydrogen) atoms.